The number of nitrogens with zero attached hydrogens (tertiary/aromatic N) is 3. The molecule has 1 amide bonds. The highest BCUT2D eigenvalue weighted by Gasteiger charge is 2.17. The minimum absolute atomic E-state index is 0.0511. The smallest absolute Gasteiger partial charge is 0.244 e. The number of furan rings is 1. The van der Waals surface area contributed by atoms with Crippen LogP contribution in [0.5, 0.6) is 0 Å². The quantitative estimate of drug-likeness (QED) is 0.514. The standard InChI is InChI=1S/C22H24Cl2N4O2/c1-15-18(22(24)28(26-15)14-16-6-8-17(23)9-7-16)10-11-21(29)25-13-19(27(2)3)20-5-4-12-30-20/h4-12,19H,13-14H2,1-3H3,(H,25,29). The second kappa shape index (κ2) is 9.98. The van der Waals surface area contributed by atoms with Gasteiger partial charge in [-0.15, -0.1) is 0 Å². The predicted octanol–water partition coefficient (Wildman–Crippen LogP) is 4.57. The van der Waals surface area contributed by atoms with Crippen LogP contribution in [-0.4, -0.2) is 41.2 Å². The Labute approximate surface area is 186 Å². The molecular weight excluding hydrogens is 423 g/mol. The van der Waals surface area contributed by atoms with Gasteiger partial charge in [0, 0.05) is 23.2 Å². The van der Waals surface area contributed by atoms with Crippen molar-refractivity contribution in [3.8, 4) is 0 Å². The average Bonchev–Trinajstić information content (AvgIpc) is 3.31. The molecule has 3 rings (SSSR count). The van der Waals surface area contributed by atoms with Crippen molar-refractivity contribution < 1.29 is 9.21 Å². The van der Waals surface area contributed by atoms with Crippen LogP contribution in [0.4, 0.5) is 0 Å². The van der Waals surface area contributed by atoms with E-state index in [1.807, 2.05) is 62.3 Å². The molecule has 158 valence electrons. The molecule has 30 heavy (non-hydrogen) atoms. The molecule has 6 nitrogen and oxygen atoms in total. The SMILES string of the molecule is Cc1nn(Cc2ccc(Cl)cc2)c(Cl)c1C=CC(=O)NCC(c1ccco1)N(C)C. The first kappa shape index (κ1) is 22.2. The highest BCUT2D eigenvalue weighted by Crippen LogP contribution is 2.23. The largest absolute Gasteiger partial charge is 0.468 e. The van der Waals surface area contributed by atoms with Crippen LogP contribution in [0.1, 0.15) is 28.6 Å². The van der Waals surface area contributed by atoms with E-state index in [0.717, 1.165) is 22.6 Å². The zero-order valence-electron chi connectivity index (χ0n) is 17.1. The van der Waals surface area contributed by atoms with E-state index >= 15 is 0 Å². The van der Waals surface area contributed by atoms with Crippen LogP contribution in [0.25, 0.3) is 6.08 Å². The van der Waals surface area contributed by atoms with Crippen LogP contribution in [0.15, 0.2) is 53.2 Å². The lowest BCUT2D eigenvalue weighted by Crippen LogP contribution is -2.33. The molecule has 0 saturated carbocycles. The molecule has 2 heterocycles. The van der Waals surface area contributed by atoms with Crippen molar-refractivity contribution in [2.75, 3.05) is 20.6 Å². The fraction of sp³-hybridized carbons (Fsp3) is 0.273. The number of nitrogens with one attached hydrogen (secondary N) is 1. The van der Waals surface area contributed by atoms with Crippen LogP contribution >= 0.6 is 23.2 Å². The van der Waals surface area contributed by atoms with E-state index in [1.165, 1.54) is 6.08 Å². The van der Waals surface area contributed by atoms with Crippen LogP contribution < -0.4 is 5.32 Å². The summed E-state index contributed by atoms with van der Waals surface area (Å²) < 4.78 is 7.17. The lowest BCUT2D eigenvalue weighted by Gasteiger charge is -2.22. The van der Waals surface area contributed by atoms with Crippen molar-refractivity contribution in [3.05, 3.63) is 81.5 Å². The van der Waals surface area contributed by atoms with Crippen molar-refractivity contribution in [1.29, 1.82) is 0 Å². The summed E-state index contributed by atoms with van der Waals surface area (Å²) in [5.41, 5.74) is 2.50. The van der Waals surface area contributed by atoms with Gasteiger partial charge in [-0.2, -0.15) is 5.10 Å². The molecule has 1 N–H and O–H groups in total. The lowest BCUT2D eigenvalue weighted by molar-refractivity contribution is -0.116. The van der Waals surface area contributed by atoms with Crippen molar-refractivity contribution >= 4 is 35.2 Å². The summed E-state index contributed by atoms with van der Waals surface area (Å²) >= 11 is 12.4. The van der Waals surface area contributed by atoms with Gasteiger partial charge >= 0.3 is 0 Å². The van der Waals surface area contributed by atoms with Gasteiger partial charge in [-0.05, 0) is 56.9 Å². The first-order chi connectivity index (χ1) is 14.3. The molecule has 0 bridgehead atoms. The number of hydrogen-bond donors (Lipinski definition) is 1. The summed E-state index contributed by atoms with van der Waals surface area (Å²) in [6, 6.07) is 11.2. The van der Waals surface area contributed by atoms with Crippen molar-refractivity contribution in [1.82, 2.24) is 20.0 Å². The maximum absolute atomic E-state index is 12.3. The normalized spacial score (nSPS) is 12.6. The maximum Gasteiger partial charge on any atom is 0.244 e. The number of likely N-dealkylation sites (N-methyl/N-ethyl adjacent to an activating group) is 1. The number of aromatic nitrogens is 2. The van der Waals surface area contributed by atoms with Gasteiger partial charge in [0.2, 0.25) is 5.91 Å². The molecular formula is C22H24Cl2N4O2. The Morgan fingerprint density at radius 2 is 2.00 bits per heavy atom. The van der Waals surface area contributed by atoms with E-state index in [-0.39, 0.29) is 11.9 Å². The van der Waals surface area contributed by atoms with E-state index in [2.05, 4.69) is 10.4 Å². The van der Waals surface area contributed by atoms with Gasteiger partial charge in [0.1, 0.15) is 10.9 Å². The predicted molar refractivity (Wildman–Crippen MR) is 120 cm³/mol. The molecule has 0 aliphatic heterocycles. The average molecular weight is 447 g/mol. The number of amides is 1. The molecule has 0 aliphatic rings. The number of hydrogen-bond acceptors (Lipinski definition) is 4. The number of benzene rings is 1. The Morgan fingerprint density at radius 1 is 1.27 bits per heavy atom. The number of rotatable bonds is 8. The van der Waals surface area contributed by atoms with E-state index in [4.69, 9.17) is 27.6 Å². The van der Waals surface area contributed by atoms with Gasteiger partial charge < -0.3 is 9.73 Å². The third-order valence-electron chi connectivity index (χ3n) is 4.72. The summed E-state index contributed by atoms with van der Waals surface area (Å²) in [5.74, 6) is 0.584. The van der Waals surface area contributed by atoms with Crippen LogP contribution in [-0.2, 0) is 11.3 Å². The van der Waals surface area contributed by atoms with Gasteiger partial charge in [0.25, 0.3) is 0 Å². The van der Waals surface area contributed by atoms with Crippen molar-refractivity contribution in [2.24, 2.45) is 0 Å². The Bertz CT molecular complexity index is 1010. The van der Waals surface area contributed by atoms with Gasteiger partial charge in [0.15, 0.2) is 0 Å². The third kappa shape index (κ3) is 5.53. The summed E-state index contributed by atoms with van der Waals surface area (Å²) in [6.45, 7) is 2.80. The van der Waals surface area contributed by atoms with Gasteiger partial charge in [-0.1, -0.05) is 35.3 Å². The molecule has 2 aromatic heterocycles. The monoisotopic (exact) mass is 446 g/mol. The van der Waals surface area contributed by atoms with Crippen molar-refractivity contribution in [3.63, 3.8) is 0 Å². The zero-order chi connectivity index (χ0) is 21.7. The first-order valence-corrected chi connectivity index (χ1v) is 10.2. The van der Waals surface area contributed by atoms with Crippen LogP contribution in [0.2, 0.25) is 10.2 Å². The van der Waals surface area contributed by atoms with E-state index in [1.54, 1.807) is 17.0 Å². The van der Waals surface area contributed by atoms with Crippen molar-refractivity contribution in [2.45, 2.75) is 19.5 Å². The maximum atomic E-state index is 12.3. The molecule has 1 unspecified atom stereocenters. The zero-order valence-corrected chi connectivity index (χ0v) is 18.6. The van der Waals surface area contributed by atoms with E-state index < -0.39 is 0 Å². The van der Waals surface area contributed by atoms with Gasteiger partial charge in [0.05, 0.1) is 24.5 Å². The fourth-order valence-corrected chi connectivity index (χ4v) is 3.48. The molecule has 0 spiro atoms. The second-order valence-corrected chi connectivity index (χ2v) is 7.94. The molecule has 0 radical (unpaired) electrons. The first-order valence-electron chi connectivity index (χ1n) is 9.48. The minimum atomic E-state index is -0.214. The van der Waals surface area contributed by atoms with Gasteiger partial charge in [-0.25, -0.2) is 4.68 Å². The highest BCUT2D eigenvalue weighted by molar-refractivity contribution is 6.31. The van der Waals surface area contributed by atoms with E-state index in [9.17, 15) is 4.79 Å². The molecule has 0 aliphatic carbocycles. The Balaban J connectivity index is 1.64. The molecule has 8 heteroatoms. The summed E-state index contributed by atoms with van der Waals surface area (Å²) in [4.78, 5) is 14.3. The number of aryl methyl sites for hydroxylation is 1. The third-order valence-corrected chi connectivity index (χ3v) is 5.37. The molecule has 1 atom stereocenters. The fourth-order valence-electron chi connectivity index (χ4n) is 3.06. The Hall–Kier alpha value is -2.54. The summed E-state index contributed by atoms with van der Waals surface area (Å²) in [6.07, 6.45) is 4.79. The second-order valence-electron chi connectivity index (χ2n) is 7.15. The van der Waals surface area contributed by atoms with Crippen LogP contribution in [0, 0.1) is 6.92 Å². The van der Waals surface area contributed by atoms with Crippen LogP contribution in [0.3, 0.4) is 0 Å². The summed E-state index contributed by atoms with van der Waals surface area (Å²) in [7, 11) is 3.88. The van der Waals surface area contributed by atoms with Gasteiger partial charge in [-0.3, -0.25) is 9.69 Å². The molecule has 0 fully saturated rings. The summed E-state index contributed by atoms with van der Waals surface area (Å²) in [5, 5.41) is 8.55. The molecule has 0 saturated heterocycles. The number of carbonyl (C=O) groups is 1. The highest BCUT2D eigenvalue weighted by atomic mass is 35.5. The molecule has 3 aromatic rings. The van der Waals surface area contributed by atoms with E-state index in [0.29, 0.717) is 23.3 Å². The molecule has 1 aromatic carbocycles. The minimum Gasteiger partial charge on any atom is -0.468 e. The Kier molecular flexibility index (Phi) is 7.37. The number of carbonyl (C=O) groups excluding carboxylic acids is 1. The Morgan fingerprint density at radius 3 is 2.63 bits per heavy atom. The number of halogens is 2. The topological polar surface area (TPSA) is 63.3 Å². The lowest BCUT2D eigenvalue weighted by atomic mass is 10.2.